The molecule has 0 aromatic rings. The van der Waals surface area contributed by atoms with Crippen LogP contribution in [0.1, 0.15) is 118 Å². The lowest BCUT2D eigenvalue weighted by Crippen LogP contribution is -2.19. The summed E-state index contributed by atoms with van der Waals surface area (Å²) < 4.78 is 17.7. The predicted molar refractivity (Wildman–Crippen MR) is 138 cm³/mol. The highest BCUT2D eigenvalue weighted by Crippen LogP contribution is 2.16. The minimum Gasteiger partial charge on any atom is -0.393 e. The highest BCUT2D eigenvalue weighted by molar-refractivity contribution is 4.82. The van der Waals surface area contributed by atoms with Crippen LogP contribution in [0.2, 0.25) is 0 Å². The normalized spacial score (nSPS) is 15.9. The lowest BCUT2D eigenvalue weighted by molar-refractivity contribution is -0.167. The molecule has 0 radical (unpaired) electrons. The molecule has 0 bridgehead atoms. The van der Waals surface area contributed by atoms with Gasteiger partial charge in [-0.15, -0.1) is 0 Å². The summed E-state index contributed by atoms with van der Waals surface area (Å²) in [5, 5.41) is 18.9. The number of ether oxygens (including phenoxy) is 3. The van der Waals surface area contributed by atoms with Crippen molar-refractivity contribution in [2.75, 3.05) is 13.6 Å². The first-order valence-corrected chi connectivity index (χ1v) is 13.5. The lowest BCUT2D eigenvalue weighted by atomic mass is 10.0. The first kappa shape index (κ1) is 32.3. The smallest absolute Gasteiger partial charge is 0.149 e. The molecule has 5 heteroatoms. The van der Waals surface area contributed by atoms with Crippen LogP contribution < -0.4 is 0 Å². The molecule has 2 N–H and O–H groups in total. The second kappa shape index (κ2) is 24.4. The molecule has 4 atom stereocenters. The molecule has 0 saturated heterocycles. The van der Waals surface area contributed by atoms with Gasteiger partial charge in [0.2, 0.25) is 0 Å². The van der Waals surface area contributed by atoms with Crippen LogP contribution in [0.4, 0.5) is 0 Å². The molecule has 0 saturated carbocycles. The van der Waals surface area contributed by atoms with Gasteiger partial charge in [0.1, 0.15) is 13.6 Å². The van der Waals surface area contributed by atoms with Crippen molar-refractivity contribution >= 4 is 0 Å². The van der Waals surface area contributed by atoms with Gasteiger partial charge in [-0.3, -0.25) is 0 Å². The zero-order valence-electron chi connectivity index (χ0n) is 22.1. The molecule has 0 amide bonds. The van der Waals surface area contributed by atoms with E-state index in [2.05, 4.69) is 38.2 Å². The zero-order valence-corrected chi connectivity index (χ0v) is 22.1. The number of rotatable bonds is 24. The molecule has 0 heterocycles. The van der Waals surface area contributed by atoms with E-state index in [1.807, 2.05) is 13.8 Å². The fourth-order valence-corrected chi connectivity index (χ4v) is 3.70. The number of aliphatic hydroxyl groups is 2. The number of aliphatic hydroxyl groups excluding tert-OH is 2. The minimum absolute atomic E-state index is 0.177. The van der Waals surface area contributed by atoms with Gasteiger partial charge in [0, 0.05) is 0 Å². The molecule has 0 spiro atoms. The van der Waals surface area contributed by atoms with Crippen molar-refractivity contribution in [2.45, 2.75) is 142 Å². The predicted octanol–water partition coefficient (Wildman–Crippen LogP) is 7.06. The van der Waals surface area contributed by atoms with Gasteiger partial charge in [0.15, 0.2) is 0 Å². The zero-order chi connectivity index (χ0) is 24.6. The third kappa shape index (κ3) is 24.2. The van der Waals surface area contributed by atoms with E-state index in [0.29, 0.717) is 0 Å². The molecule has 0 fully saturated rings. The molecule has 0 rings (SSSR count). The van der Waals surface area contributed by atoms with Crippen LogP contribution in [0.5, 0.6) is 0 Å². The van der Waals surface area contributed by atoms with Gasteiger partial charge < -0.3 is 24.4 Å². The molecule has 0 aliphatic heterocycles. The minimum atomic E-state index is -0.227. The maximum Gasteiger partial charge on any atom is 0.149 e. The molecular formula is C28H54O5. The van der Waals surface area contributed by atoms with Gasteiger partial charge in [0.05, 0.1) is 24.4 Å². The molecule has 5 nitrogen and oxygen atoms in total. The maximum atomic E-state index is 9.45. The average Bonchev–Trinajstić information content (AvgIpc) is 2.78. The molecule has 0 aliphatic carbocycles. The Kier molecular flexibility index (Phi) is 23.9. The molecule has 0 aromatic carbocycles. The topological polar surface area (TPSA) is 68.2 Å². The first-order valence-electron chi connectivity index (χ1n) is 13.5. The van der Waals surface area contributed by atoms with Crippen LogP contribution in [0.15, 0.2) is 24.3 Å². The van der Waals surface area contributed by atoms with Crippen LogP contribution in [0.25, 0.3) is 0 Å². The van der Waals surface area contributed by atoms with Crippen molar-refractivity contribution in [1.29, 1.82) is 0 Å². The third-order valence-corrected chi connectivity index (χ3v) is 5.69. The van der Waals surface area contributed by atoms with E-state index in [-0.39, 0.29) is 38.0 Å². The van der Waals surface area contributed by atoms with E-state index >= 15 is 0 Å². The van der Waals surface area contributed by atoms with Crippen LogP contribution in [-0.2, 0) is 14.2 Å². The maximum absolute atomic E-state index is 9.45. The fourth-order valence-electron chi connectivity index (χ4n) is 3.70. The Bertz CT molecular complexity index is 408. The van der Waals surface area contributed by atoms with Gasteiger partial charge in [0.25, 0.3) is 0 Å². The Morgan fingerprint density at radius 1 is 0.576 bits per heavy atom. The summed E-state index contributed by atoms with van der Waals surface area (Å²) in [6.07, 6.45) is 22.7. The van der Waals surface area contributed by atoms with Crippen molar-refractivity contribution in [2.24, 2.45) is 0 Å². The largest absolute Gasteiger partial charge is 0.393 e. The van der Waals surface area contributed by atoms with Crippen molar-refractivity contribution in [3.8, 4) is 0 Å². The number of allylic oxidation sites excluding steroid dienone is 4. The second-order valence-corrected chi connectivity index (χ2v) is 9.20. The average molecular weight is 471 g/mol. The van der Waals surface area contributed by atoms with E-state index in [4.69, 9.17) is 14.2 Å². The Morgan fingerprint density at radius 2 is 0.970 bits per heavy atom. The Labute approximate surface area is 204 Å². The van der Waals surface area contributed by atoms with Crippen LogP contribution >= 0.6 is 0 Å². The molecule has 33 heavy (non-hydrogen) atoms. The molecule has 0 aromatic heterocycles. The van der Waals surface area contributed by atoms with Crippen molar-refractivity contribution in [3.63, 3.8) is 0 Å². The Morgan fingerprint density at radius 3 is 1.33 bits per heavy atom. The summed E-state index contributed by atoms with van der Waals surface area (Å²) in [4.78, 5) is 0. The monoisotopic (exact) mass is 470 g/mol. The summed E-state index contributed by atoms with van der Waals surface area (Å²) in [6, 6.07) is 0. The summed E-state index contributed by atoms with van der Waals surface area (Å²) >= 11 is 0. The SMILES string of the molecule is CCC=CCCC(CCCCC(C)O)OCOCOC(CCC=CCC)CCCCC(C)O. The van der Waals surface area contributed by atoms with Gasteiger partial charge in [-0.1, -0.05) is 63.8 Å². The van der Waals surface area contributed by atoms with E-state index < -0.39 is 0 Å². The summed E-state index contributed by atoms with van der Waals surface area (Å²) in [6.45, 7) is 8.49. The van der Waals surface area contributed by atoms with E-state index in [1.165, 1.54) is 0 Å². The summed E-state index contributed by atoms with van der Waals surface area (Å²) in [7, 11) is 0. The van der Waals surface area contributed by atoms with Crippen LogP contribution in [0.3, 0.4) is 0 Å². The van der Waals surface area contributed by atoms with Crippen molar-refractivity contribution < 1.29 is 24.4 Å². The Balaban J connectivity index is 4.28. The van der Waals surface area contributed by atoms with Gasteiger partial charge in [-0.25, -0.2) is 0 Å². The molecular weight excluding hydrogens is 416 g/mol. The van der Waals surface area contributed by atoms with E-state index in [9.17, 15) is 10.2 Å². The summed E-state index contributed by atoms with van der Waals surface area (Å²) in [5.41, 5.74) is 0. The highest BCUT2D eigenvalue weighted by Gasteiger charge is 2.11. The second-order valence-electron chi connectivity index (χ2n) is 9.20. The summed E-state index contributed by atoms with van der Waals surface area (Å²) in [5.74, 6) is 0. The number of hydrogen-bond donors (Lipinski definition) is 2. The van der Waals surface area contributed by atoms with Crippen LogP contribution in [0, 0.1) is 0 Å². The van der Waals surface area contributed by atoms with Gasteiger partial charge in [-0.2, -0.15) is 0 Å². The molecule has 0 aliphatic rings. The van der Waals surface area contributed by atoms with Crippen LogP contribution in [-0.4, -0.2) is 48.2 Å². The number of hydrogen-bond acceptors (Lipinski definition) is 5. The highest BCUT2D eigenvalue weighted by atomic mass is 16.7. The van der Waals surface area contributed by atoms with Gasteiger partial charge >= 0.3 is 0 Å². The number of unbranched alkanes of at least 4 members (excludes halogenated alkanes) is 2. The van der Waals surface area contributed by atoms with Crippen molar-refractivity contribution in [3.05, 3.63) is 24.3 Å². The van der Waals surface area contributed by atoms with E-state index in [0.717, 1.165) is 89.9 Å². The fraction of sp³-hybridized carbons (Fsp3) is 0.857. The lowest BCUT2D eigenvalue weighted by Gasteiger charge is -2.20. The van der Waals surface area contributed by atoms with E-state index in [1.54, 1.807) is 0 Å². The third-order valence-electron chi connectivity index (χ3n) is 5.69. The Hall–Kier alpha value is -0.720. The van der Waals surface area contributed by atoms with Crippen molar-refractivity contribution in [1.82, 2.24) is 0 Å². The standard InChI is InChI=1S/C28H54O5/c1-5-7-9-11-19-27(21-15-13-17-25(3)29)32-23-31-24-33-28(20-12-10-8-6-2)22-16-14-18-26(4)30/h7-10,25-30H,5-6,11-24H2,1-4H3. The first-order chi connectivity index (χ1) is 16.0. The molecule has 4 unspecified atom stereocenters. The quantitative estimate of drug-likeness (QED) is 0.0897. The molecule has 196 valence electrons. The van der Waals surface area contributed by atoms with Gasteiger partial charge in [-0.05, 0) is 78.1 Å².